The maximum Gasteiger partial charge on any atom is 0.305 e. The number of aliphatic hydroxyl groups excluding tert-OH is 4. The second kappa shape index (κ2) is 77.4. The monoisotopic (exact) mass is 1430 g/mol. The summed E-state index contributed by atoms with van der Waals surface area (Å²) in [5, 5.41) is 44.8. The van der Waals surface area contributed by atoms with Gasteiger partial charge in [-0.1, -0.05) is 274 Å². The molecule has 0 aromatic rings. The Hall–Kier alpha value is -2.75. The summed E-state index contributed by atoms with van der Waals surface area (Å²) in [6.45, 7) is 19.1. The number of carbonyl (C=O) groups is 1. The minimum absolute atomic E-state index is 0.157. The number of hydrogen-bond acceptors (Lipinski definition) is 12. The van der Waals surface area contributed by atoms with Crippen molar-refractivity contribution in [3.63, 3.8) is 0 Å². The third kappa shape index (κ3) is 69.6. The summed E-state index contributed by atoms with van der Waals surface area (Å²) < 4.78 is 5.78. The average molecular weight is 1430 g/mol. The van der Waals surface area contributed by atoms with E-state index in [2.05, 4.69) is 169 Å². The smallest absolute Gasteiger partial charge is 0.305 e. The Labute approximate surface area is 626 Å². The van der Waals surface area contributed by atoms with Gasteiger partial charge in [0.25, 0.3) is 0 Å². The van der Waals surface area contributed by atoms with Gasteiger partial charge in [-0.05, 0) is 186 Å². The highest BCUT2D eigenvalue weighted by Crippen LogP contribution is 2.24. The molecule has 4 atom stereocenters. The van der Waals surface area contributed by atoms with Gasteiger partial charge in [0.15, 0.2) is 0 Å². The molecule has 0 radical (unpaired) electrons. The molecule has 0 amide bonds. The molecular weight excluding hydrogens is 1270 g/mol. The lowest BCUT2D eigenvalue weighted by atomic mass is 10.1. The molecule has 1 saturated heterocycles. The van der Waals surface area contributed by atoms with Gasteiger partial charge in [0.05, 0.1) is 24.4 Å². The number of nitrogens with zero attached hydrogens (tertiary/aromatic N) is 4. The fraction of sp³-hybridized carbons (Fsp3) is 0.761. The highest BCUT2D eigenvalue weighted by molar-refractivity contribution is 8.76. The topological polar surface area (TPSA) is 120 Å². The maximum absolute atomic E-state index is 13.0. The molecular formula is C88H158N4O6S2. The molecule has 578 valence electrons. The first-order valence-corrected chi connectivity index (χ1v) is 44.2. The number of esters is 1. The van der Waals surface area contributed by atoms with E-state index in [1.807, 2.05) is 21.6 Å². The fourth-order valence-electron chi connectivity index (χ4n) is 12.6. The molecule has 0 unspecified atom stereocenters. The number of piperazine rings is 1. The van der Waals surface area contributed by atoms with Gasteiger partial charge in [0.1, 0.15) is 6.61 Å². The van der Waals surface area contributed by atoms with E-state index in [0.29, 0.717) is 52.2 Å². The number of rotatable bonds is 74. The van der Waals surface area contributed by atoms with E-state index < -0.39 is 12.2 Å². The van der Waals surface area contributed by atoms with E-state index >= 15 is 0 Å². The van der Waals surface area contributed by atoms with E-state index in [-0.39, 0.29) is 18.2 Å². The summed E-state index contributed by atoms with van der Waals surface area (Å²) in [6.07, 6.45) is 91.5. The quantitative estimate of drug-likeness (QED) is 0.0201. The van der Waals surface area contributed by atoms with Gasteiger partial charge >= 0.3 is 5.97 Å². The molecule has 1 aliphatic heterocycles. The number of unbranched alkanes of at least 4 members (excludes halogenated alkanes) is 23. The second-order valence-electron chi connectivity index (χ2n) is 28.4. The van der Waals surface area contributed by atoms with Gasteiger partial charge in [-0.15, -0.1) is 0 Å². The first kappa shape index (κ1) is 95.3. The fourth-order valence-corrected chi connectivity index (χ4v) is 14.7. The average Bonchev–Trinajstić information content (AvgIpc) is 1.08. The molecule has 1 heterocycles. The van der Waals surface area contributed by atoms with Crippen molar-refractivity contribution in [2.24, 2.45) is 0 Å². The molecule has 0 aromatic carbocycles. The van der Waals surface area contributed by atoms with Gasteiger partial charge in [-0.3, -0.25) is 24.4 Å². The SMILES string of the molecule is CC/C=C\C/C=C\C/C=C\CCCCCC[C@H](O)CN(CCCCSSCCN1CCN(CCOC(=O)CCCN(C[C@H](O)CCCCCC/C=C\C/C=C\CCCCC)C[C@H](O)CCCCCC/C=C\C/C=C\CCCCC)CC1)C[C@@H](O)CCCCCC/C=C\C/C=C\C/C=C\CC. The Kier molecular flexibility index (Phi) is 73.7. The minimum atomic E-state index is -0.445. The van der Waals surface area contributed by atoms with Crippen molar-refractivity contribution in [2.75, 3.05) is 96.6 Å². The third-order valence-electron chi connectivity index (χ3n) is 18.7. The molecule has 1 rings (SSSR count). The zero-order valence-electron chi connectivity index (χ0n) is 65.3. The third-order valence-corrected chi connectivity index (χ3v) is 21.2. The maximum atomic E-state index is 13.0. The van der Waals surface area contributed by atoms with Crippen LogP contribution in [0.3, 0.4) is 0 Å². The molecule has 0 bridgehead atoms. The summed E-state index contributed by atoms with van der Waals surface area (Å²) in [5.74, 6) is 2.06. The first-order chi connectivity index (χ1) is 49.2. The second-order valence-corrected chi connectivity index (χ2v) is 31.1. The van der Waals surface area contributed by atoms with Crippen LogP contribution < -0.4 is 0 Å². The predicted octanol–water partition coefficient (Wildman–Crippen LogP) is 22.4. The van der Waals surface area contributed by atoms with Crippen LogP contribution in [0, 0.1) is 0 Å². The molecule has 0 aromatic heterocycles. The Morgan fingerprint density at radius 3 is 1.00 bits per heavy atom. The Morgan fingerprint density at radius 2 is 0.650 bits per heavy atom. The largest absolute Gasteiger partial charge is 0.464 e. The van der Waals surface area contributed by atoms with Crippen molar-refractivity contribution in [1.29, 1.82) is 0 Å². The number of carbonyl (C=O) groups excluding carboxylic acids is 1. The van der Waals surface area contributed by atoms with Crippen LogP contribution in [0.5, 0.6) is 0 Å². The van der Waals surface area contributed by atoms with Crippen LogP contribution in [0.2, 0.25) is 0 Å². The lowest BCUT2D eigenvalue weighted by molar-refractivity contribution is -0.144. The van der Waals surface area contributed by atoms with Crippen LogP contribution in [0.25, 0.3) is 0 Å². The zero-order chi connectivity index (χ0) is 72.2. The molecule has 100 heavy (non-hydrogen) atoms. The standard InChI is InChI=1S/C88H158N4O6S2/c1-5-9-13-17-21-25-29-33-37-41-45-49-53-57-64-84(93)80-91(81-85(94)65-58-54-50-46-42-38-34-30-26-22-18-14-10-6-2)69-61-62-78-99-100-79-76-90-73-71-89(72-74-90)75-77-98-88(97)68-63-70-92(82-86(95)66-59-55-51-47-43-39-35-31-27-23-19-15-11-7-3)83-87(96)67-60-56-52-48-44-40-36-32-28-24-20-16-12-8-4/h9-10,13-14,21-28,33-40,84-87,93-96H,5-8,11-12,15-20,29-32,41-83H2,1-4H3/b13-9-,14-10-,25-21-,26-22-,27-23-,28-24-,37-33-,38-34-,39-35-,40-36-/t84-,85-,86+,87+/m0/s1. The van der Waals surface area contributed by atoms with E-state index in [1.165, 1.54) is 103 Å². The number of aliphatic hydroxyl groups is 4. The van der Waals surface area contributed by atoms with Crippen molar-refractivity contribution < 1.29 is 30.0 Å². The van der Waals surface area contributed by atoms with Crippen LogP contribution in [-0.4, -0.2) is 167 Å². The van der Waals surface area contributed by atoms with Crippen LogP contribution in [0.1, 0.15) is 310 Å². The highest BCUT2D eigenvalue weighted by atomic mass is 33.1. The number of hydrogen-bond donors (Lipinski definition) is 4. The van der Waals surface area contributed by atoms with Crippen molar-refractivity contribution in [3.8, 4) is 0 Å². The van der Waals surface area contributed by atoms with Gasteiger partial charge in [0, 0.05) is 83.4 Å². The van der Waals surface area contributed by atoms with Crippen molar-refractivity contribution in [1.82, 2.24) is 19.6 Å². The normalized spacial score (nSPS) is 15.3. The van der Waals surface area contributed by atoms with Crippen molar-refractivity contribution in [2.45, 2.75) is 335 Å². The Bertz CT molecular complexity index is 1940. The summed E-state index contributed by atoms with van der Waals surface area (Å²) in [5.41, 5.74) is 0. The van der Waals surface area contributed by atoms with Gasteiger partial charge in [-0.25, -0.2) is 0 Å². The van der Waals surface area contributed by atoms with Crippen LogP contribution in [0.15, 0.2) is 122 Å². The van der Waals surface area contributed by atoms with E-state index in [1.54, 1.807) is 0 Å². The van der Waals surface area contributed by atoms with E-state index in [4.69, 9.17) is 4.74 Å². The summed E-state index contributed by atoms with van der Waals surface area (Å²) in [6, 6.07) is 0. The van der Waals surface area contributed by atoms with Crippen molar-refractivity contribution in [3.05, 3.63) is 122 Å². The lowest BCUT2D eigenvalue weighted by Gasteiger charge is -2.34. The van der Waals surface area contributed by atoms with Gasteiger partial charge in [-0.2, -0.15) is 0 Å². The molecule has 4 N–H and O–H groups in total. The minimum Gasteiger partial charge on any atom is -0.464 e. The lowest BCUT2D eigenvalue weighted by Crippen LogP contribution is -2.47. The van der Waals surface area contributed by atoms with Gasteiger partial charge < -0.3 is 25.2 Å². The summed E-state index contributed by atoms with van der Waals surface area (Å²) >= 11 is 0. The molecule has 0 saturated carbocycles. The first-order valence-electron chi connectivity index (χ1n) is 41.7. The van der Waals surface area contributed by atoms with Crippen LogP contribution in [-0.2, 0) is 9.53 Å². The Balaban J connectivity index is 2.48. The van der Waals surface area contributed by atoms with Crippen LogP contribution >= 0.6 is 21.6 Å². The molecule has 1 aliphatic rings. The number of allylic oxidation sites excluding steroid dienone is 20. The predicted molar refractivity (Wildman–Crippen MR) is 443 cm³/mol. The van der Waals surface area contributed by atoms with Crippen LogP contribution in [0.4, 0.5) is 0 Å². The highest BCUT2D eigenvalue weighted by Gasteiger charge is 2.20. The Morgan fingerprint density at radius 1 is 0.350 bits per heavy atom. The van der Waals surface area contributed by atoms with Crippen molar-refractivity contribution >= 4 is 27.6 Å². The zero-order valence-corrected chi connectivity index (χ0v) is 66.9. The van der Waals surface area contributed by atoms with E-state index in [0.717, 1.165) is 224 Å². The molecule has 10 nitrogen and oxygen atoms in total. The molecule has 0 spiro atoms. The molecule has 0 aliphatic carbocycles. The molecule has 12 heteroatoms. The van der Waals surface area contributed by atoms with E-state index in [9.17, 15) is 25.2 Å². The molecule has 1 fully saturated rings. The summed E-state index contributed by atoms with van der Waals surface area (Å²) in [7, 11) is 3.96. The summed E-state index contributed by atoms with van der Waals surface area (Å²) in [4.78, 5) is 22.5. The number of ether oxygens (including phenoxy) is 1. The van der Waals surface area contributed by atoms with Gasteiger partial charge in [0.2, 0.25) is 0 Å².